The minimum atomic E-state index is -5.17. The zero-order chi connectivity index (χ0) is 15.0. The normalized spacial score (nSPS) is 12.6. The fraction of sp³-hybridized carbons (Fsp3) is 0.333. The van der Waals surface area contributed by atoms with Crippen molar-refractivity contribution >= 4 is 5.69 Å². The molecule has 2 N–H and O–H groups in total. The monoisotopic (exact) mass is 288 g/mol. The predicted molar refractivity (Wildman–Crippen MR) is 51.0 cm³/mol. The van der Waals surface area contributed by atoms with Crippen LogP contribution in [0, 0.1) is 10.1 Å². The maximum absolute atomic E-state index is 12.6. The summed E-state index contributed by atoms with van der Waals surface area (Å²) in [7, 11) is 0. The third-order valence-corrected chi connectivity index (χ3v) is 2.23. The lowest BCUT2D eigenvalue weighted by atomic mass is 10.0. The summed E-state index contributed by atoms with van der Waals surface area (Å²) in [6, 6.07) is 0.0117. The Morgan fingerprint density at radius 2 is 1.63 bits per heavy atom. The van der Waals surface area contributed by atoms with E-state index in [0.29, 0.717) is 0 Å². The Labute approximate surface area is 102 Å². The van der Waals surface area contributed by atoms with Gasteiger partial charge < -0.3 is 5.73 Å². The molecule has 0 spiro atoms. The first-order valence-electron chi connectivity index (χ1n) is 4.64. The summed E-state index contributed by atoms with van der Waals surface area (Å²) >= 11 is 0. The van der Waals surface area contributed by atoms with Crippen molar-refractivity contribution in [3.63, 3.8) is 0 Å². The molecule has 0 saturated carbocycles. The molecule has 0 amide bonds. The number of hydrogen-bond donors (Lipinski definition) is 1. The minimum absolute atomic E-state index is 0.151. The number of nitro benzene ring substituents is 1. The number of nitrogens with zero attached hydrogens (tertiary/aromatic N) is 1. The van der Waals surface area contributed by atoms with Gasteiger partial charge in [-0.1, -0.05) is 0 Å². The second kappa shape index (κ2) is 4.68. The highest BCUT2D eigenvalue weighted by atomic mass is 19.4. The van der Waals surface area contributed by atoms with Crippen LogP contribution < -0.4 is 5.73 Å². The van der Waals surface area contributed by atoms with E-state index in [9.17, 15) is 36.5 Å². The minimum Gasteiger partial charge on any atom is -0.326 e. The van der Waals surface area contributed by atoms with Crippen LogP contribution in [0.25, 0.3) is 0 Å². The molecule has 0 aliphatic heterocycles. The largest absolute Gasteiger partial charge is 0.423 e. The molecule has 0 atom stereocenters. The highest BCUT2D eigenvalue weighted by Gasteiger charge is 2.43. The van der Waals surface area contributed by atoms with E-state index >= 15 is 0 Å². The summed E-state index contributed by atoms with van der Waals surface area (Å²) in [6.45, 7) is -0.903. The van der Waals surface area contributed by atoms with Crippen molar-refractivity contribution < 1.29 is 31.3 Å². The zero-order valence-corrected chi connectivity index (χ0v) is 8.97. The fourth-order valence-electron chi connectivity index (χ4n) is 1.48. The molecule has 0 aromatic heterocycles. The average Bonchev–Trinajstić information content (AvgIpc) is 2.24. The molecule has 1 rings (SSSR count). The molecule has 0 unspecified atom stereocenters. The van der Waals surface area contributed by atoms with Gasteiger partial charge in [0.15, 0.2) is 0 Å². The number of rotatable bonds is 2. The van der Waals surface area contributed by atoms with Crippen LogP contribution in [0.5, 0.6) is 0 Å². The molecular formula is C9H6F6N2O2. The number of benzene rings is 1. The van der Waals surface area contributed by atoms with Crippen molar-refractivity contribution in [3.8, 4) is 0 Å². The highest BCUT2D eigenvalue weighted by Crippen LogP contribution is 2.42. The summed E-state index contributed by atoms with van der Waals surface area (Å²) in [4.78, 5) is 9.00. The quantitative estimate of drug-likeness (QED) is 0.516. The van der Waals surface area contributed by atoms with Crippen LogP contribution in [0.3, 0.4) is 0 Å². The third-order valence-electron chi connectivity index (χ3n) is 2.23. The van der Waals surface area contributed by atoms with E-state index in [1.54, 1.807) is 0 Å². The van der Waals surface area contributed by atoms with Crippen molar-refractivity contribution in [2.45, 2.75) is 18.9 Å². The van der Waals surface area contributed by atoms with Gasteiger partial charge in [0.2, 0.25) is 0 Å². The smallest absolute Gasteiger partial charge is 0.326 e. The Bertz CT molecular complexity index is 509. The van der Waals surface area contributed by atoms with Gasteiger partial charge in [-0.05, 0) is 11.6 Å². The topological polar surface area (TPSA) is 69.2 Å². The molecular weight excluding hydrogens is 282 g/mol. The summed E-state index contributed by atoms with van der Waals surface area (Å²) < 4.78 is 75.2. The van der Waals surface area contributed by atoms with Crippen LogP contribution in [0.4, 0.5) is 32.0 Å². The molecule has 0 heterocycles. The lowest BCUT2D eigenvalue weighted by Gasteiger charge is -2.15. The van der Waals surface area contributed by atoms with Gasteiger partial charge in [0.25, 0.3) is 5.69 Å². The number of hydrogen-bond acceptors (Lipinski definition) is 3. The van der Waals surface area contributed by atoms with Gasteiger partial charge in [-0.2, -0.15) is 26.3 Å². The van der Waals surface area contributed by atoms with E-state index in [0.717, 1.165) is 0 Å². The van der Waals surface area contributed by atoms with Crippen LogP contribution in [0.15, 0.2) is 12.1 Å². The summed E-state index contributed by atoms with van der Waals surface area (Å²) in [6.07, 6.45) is -10.2. The van der Waals surface area contributed by atoms with Crippen molar-refractivity contribution in [2.75, 3.05) is 0 Å². The second-order valence-corrected chi connectivity index (χ2v) is 3.49. The summed E-state index contributed by atoms with van der Waals surface area (Å²) in [5.74, 6) is 0. The van der Waals surface area contributed by atoms with Gasteiger partial charge in [0.05, 0.1) is 10.5 Å². The molecule has 0 radical (unpaired) electrons. The van der Waals surface area contributed by atoms with Crippen LogP contribution in [-0.4, -0.2) is 4.92 Å². The molecule has 0 saturated heterocycles. The van der Waals surface area contributed by atoms with Gasteiger partial charge in [0.1, 0.15) is 5.56 Å². The molecule has 0 bridgehead atoms. The van der Waals surface area contributed by atoms with Gasteiger partial charge >= 0.3 is 12.4 Å². The zero-order valence-electron chi connectivity index (χ0n) is 8.97. The number of nitro groups is 1. The maximum atomic E-state index is 12.6. The summed E-state index contributed by atoms with van der Waals surface area (Å²) in [5.41, 5.74) is -1.01. The highest BCUT2D eigenvalue weighted by molar-refractivity contribution is 5.51. The Kier molecular flexibility index (Phi) is 3.75. The average molecular weight is 288 g/mol. The summed E-state index contributed by atoms with van der Waals surface area (Å²) in [5, 5.41) is 10.5. The van der Waals surface area contributed by atoms with Crippen LogP contribution in [0.2, 0.25) is 0 Å². The van der Waals surface area contributed by atoms with Gasteiger partial charge in [0, 0.05) is 12.6 Å². The molecule has 0 aliphatic carbocycles. The van der Waals surface area contributed by atoms with Crippen LogP contribution in [0.1, 0.15) is 16.7 Å². The van der Waals surface area contributed by atoms with E-state index < -0.39 is 46.2 Å². The third kappa shape index (κ3) is 3.13. The predicted octanol–water partition coefficient (Wildman–Crippen LogP) is 3.09. The lowest BCUT2D eigenvalue weighted by Crippen LogP contribution is -2.17. The van der Waals surface area contributed by atoms with Gasteiger partial charge in [-0.15, -0.1) is 0 Å². The number of alkyl halides is 6. The van der Waals surface area contributed by atoms with E-state index in [2.05, 4.69) is 0 Å². The van der Waals surface area contributed by atoms with E-state index in [1.165, 1.54) is 0 Å². The first-order chi connectivity index (χ1) is 8.48. The Hall–Kier alpha value is -1.84. The van der Waals surface area contributed by atoms with E-state index in [1.807, 2.05) is 0 Å². The van der Waals surface area contributed by atoms with E-state index in [-0.39, 0.29) is 12.1 Å². The van der Waals surface area contributed by atoms with Crippen molar-refractivity contribution in [1.29, 1.82) is 0 Å². The molecule has 10 heteroatoms. The van der Waals surface area contributed by atoms with Gasteiger partial charge in [-0.3, -0.25) is 10.1 Å². The Morgan fingerprint density at radius 1 is 1.11 bits per heavy atom. The molecule has 0 aliphatic rings. The fourth-order valence-corrected chi connectivity index (χ4v) is 1.48. The van der Waals surface area contributed by atoms with Crippen LogP contribution >= 0.6 is 0 Å². The molecule has 0 fully saturated rings. The molecule has 19 heavy (non-hydrogen) atoms. The van der Waals surface area contributed by atoms with Crippen molar-refractivity contribution in [3.05, 3.63) is 38.9 Å². The van der Waals surface area contributed by atoms with Crippen molar-refractivity contribution in [2.24, 2.45) is 5.73 Å². The van der Waals surface area contributed by atoms with E-state index in [4.69, 9.17) is 5.73 Å². The first kappa shape index (κ1) is 15.2. The molecule has 1 aromatic rings. The molecule has 1 aromatic carbocycles. The van der Waals surface area contributed by atoms with Gasteiger partial charge in [-0.25, -0.2) is 0 Å². The van der Waals surface area contributed by atoms with Crippen molar-refractivity contribution in [1.82, 2.24) is 0 Å². The Morgan fingerprint density at radius 3 is 1.95 bits per heavy atom. The number of halogens is 6. The van der Waals surface area contributed by atoms with Crippen LogP contribution in [-0.2, 0) is 18.9 Å². The Balaban J connectivity index is 3.69. The lowest BCUT2D eigenvalue weighted by molar-refractivity contribution is -0.388. The second-order valence-electron chi connectivity index (χ2n) is 3.49. The maximum Gasteiger partial charge on any atom is 0.423 e. The SMILES string of the molecule is NCc1cc(C(F)(F)F)cc([N+](=O)[O-])c1C(F)(F)F. The molecule has 106 valence electrons. The first-order valence-corrected chi connectivity index (χ1v) is 4.64. The molecule has 4 nitrogen and oxygen atoms in total. The number of nitrogens with two attached hydrogens (primary N) is 1. The standard InChI is InChI=1S/C9H6F6N2O2/c10-8(11,12)5-1-4(3-16)7(9(13,14)15)6(2-5)17(18)19/h1-2H,3,16H2.